The molecule has 1 unspecified atom stereocenters. The Morgan fingerprint density at radius 1 is 0.868 bits per heavy atom. The summed E-state index contributed by atoms with van der Waals surface area (Å²) in [4.78, 5) is 16.7. The second kappa shape index (κ2) is 29.1. The van der Waals surface area contributed by atoms with Crippen molar-refractivity contribution in [3.8, 4) is 0 Å². The van der Waals surface area contributed by atoms with Gasteiger partial charge in [-0.3, -0.25) is 4.79 Å². The molecule has 0 aliphatic heterocycles. The summed E-state index contributed by atoms with van der Waals surface area (Å²) in [5.74, 6) is 1.37. The Morgan fingerprint density at radius 3 is 2.02 bits per heavy atom. The van der Waals surface area contributed by atoms with Gasteiger partial charge in [-0.05, 0) is 104 Å². The summed E-state index contributed by atoms with van der Waals surface area (Å²) in [5.41, 5.74) is 10.6. The van der Waals surface area contributed by atoms with Crippen LogP contribution in [0.25, 0.3) is 0 Å². The molecule has 0 spiro atoms. The number of benzene rings is 2. The Balaban J connectivity index is 0.000000844. The monoisotopic (exact) mass is 725 g/mol. The lowest BCUT2D eigenvalue weighted by molar-refractivity contribution is -0.112. The number of unbranched alkanes of at least 4 members (excludes halogenated alkanes) is 3. The molecule has 0 aromatic heterocycles. The maximum Gasteiger partial charge on any atom is 0.252 e. The molecule has 1 amide bonds. The summed E-state index contributed by atoms with van der Waals surface area (Å²) >= 11 is 0. The standard InChI is InChI=1S/C23H31N3.C14H15NO.C5H12.C4H10.CH4O/c1-7-16(3)20-13-19(8-2)14-21(15-20)25-18(5)23(24-6)26-22-12-10-9-11-17(22)4;1-10-5-3-7-12(9-10)15-14(16)13-8-4-6-11(13)2;1-3-5-4-2;1-3-4-2;1-2/h9-16,24-25H,4,7-8H2,1-3,5-6H3;3-7,9H,8H2,1-2H3,(H,15,16);3-5H2,1-2H3;3-4H2,1-2H3;2H,1H3/b23-18+,26-22-;;;;. The number of nitrogens with one attached hydrogen (secondary N) is 3. The Bertz CT molecular complexity index is 1570. The van der Waals surface area contributed by atoms with Gasteiger partial charge >= 0.3 is 0 Å². The van der Waals surface area contributed by atoms with Gasteiger partial charge in [-0.25, -0.2) is 4.99 Å². The average molecular weight is 725 g/mol. The van der Waals surface area contributed by atoms with Crippen LogP contribution in [0.15, 0.2) is 119 Å². The highest BCUT2D eigenvalue weighted by Crippen LogP contribution is 2.26. The number of anilines is 2. The molecule has 6 nitrogen and oxygen atoms in total. The molecule has 53 heavy (non-hydrogen) atoms. The van der Waals surface area contributed by atoms with Crippen molar-refractivity contribution < 1.29 is 9.90 Å². The number of allylic oxidation sites excluding steroid dienone is 9. The Morgan fingerprint density at radius 2 is 1.53 bits per heavy atom. The lowest BCUT2D eigenvalue weighted by atomic mass is 9.95. The molecule has 6 heteroatoms. The number of aliphatic imine (C=N–C) groups is 1. The normalized spacial score (nSPS) is 14.3. The van der Waals surface area contributed by atoms with Gasteiger partial charge in [0.2, 0.25) is 0 Å². The van der Waals surface area contributed by atoms with E-state index in [1.54, 1.807) is 0 Å². The predicted octanol–water partition coefficient (Wildman–Crippen LogP) is 12.5. The summed E-state index contributed by atoms with van der Waals surface area (Å²) in [6.45, 7) is 25.6. The van der Waals surface area contributed by atoms with E-state index in [1.807, 2.05) is 88.5 Å². The Hall–Kier alpha value is -4.42. The molecule has 2 aliphatic rings. The SMILES string of the molecule is C=C1C=CC=C/C1=N/C(NC)=C(\C)Nc1cc(CC)cc(C(C)CC)c1.CC1=C(C(=O)Nc2cccc(C)c2)CC=C1.CCCC.CCCCC.CO. The predicted molar refractivity (Wildman–Crippen MR) is 235 cm³/mol. The first-order valence-corrected chi connectivity index (χ1v) is 19.6. The van der Waals surface area contributed by atoms with E-state index in [-0.39, 0.29) is 5.91 Å². The van der Waals surface area contributed by atoms with Gasteiger partial charge in [0, 0.05) is 31.1 Å². The molecule has 292 valence electrons. The summed E-state index contributed by atoms with van der Waals surface area (Å²) in [5, 5.41) is 16.6. The van der Waals surface area contributed by atoms with Gasteiger partial charge in [0.25, 0.3) is 5.91 Å². The van der Waals surface area contributed by atoms with Gasteiger partial charge in [-0.2, -0.15) is 0 Å². The number of hydrogen-bond acceptors (Lipinski definition) is 5. The van der Waals surface area contributed by atoms with Crippen LogP contribution in [0.1, 0.15) is 130 Å². The van der Waals surface area contributed by atoms with E-state index in [0.29, 0.717) is 5.92 Å². The van der Waals surface area contributed by atoms with Crippen molar-refractivity contribution in [1.82, 2.24) is 5.32 Å². The molecule has 0 bridgehead atoms. The number of rotatable bonds is 12. The number of aliphatic hydroxyl groups excluding tert-OH is 1. The molecule has 0 radical (unpaired) electrons. The van der Waals surface area contributed by atoms with Gasteiger partial charge in [0.1, 0.15) is 5.82 Å². The van der Waals surface area contributed by atoms with Crippen LogP contribution in [0.3, 0.4) is 0 Å². The van der Waals surface area contributed by atoms with Gasteiger partial charge in [-0.15, -0.1) is 0 Å². The van der Waals surface area contributed by atoms with Crippen LogP contribution < -0.4 is 16.0 Å². The van der Waals surface area contributed by atoms with Crippen molar-refractivity contribution in [2.24, 2.45) is 4.99 Å². The van der Waals surface area contributed by atoms with E-state index >= 15 is 0 Å². The van der Waals surface area contributed by atoms with Crippen molar-refractivity contribution in [2.75, 3.05) is 24.8 Å². The van der Waals surface area contributed by atoms with E-state index in [4.69, 9.17) is 10.1 Å². The zero-order chi connectivity index (χ0) is 40.2. The molecule has 2 aliphatic carbocycles. The zero-order valence-corrected chi connectivity index (χ0v) is 35.2. The van der Waals surface area contributed by atoms with E-state index in [0.717, 1.165) is 77.3 Å². The summed E-state index contributed by atoms with van der Waals surface area (Å²) in [6.07, 6.45) is 21.5. The van der Waals surface area contributed by atoms with Gasteiger partial charge < -0.3 is 21.1 Å². The molecule has 0 saturated carbocycles. The van der Waals surface area contributed by atoms with Crippen LogP contribution >= 0.6 is 0 Å². The van der Waals surface area contributed by atoms with Crippen LogP contribution in [0.5, 0.6) is 0 Å². The highest BCUT2D eigenvalue weighted by Gasteiger charge is 2.14. The highest BCUT2D eigenvalue weighted by atomic mass is 16.2. The molecule has 0 heterocycles. The van der Waals surface area contributed by atoms with E-state index in [9.17, 15) is 4.79 Å². The van der Waals surface area contributed by atoms with Crippen LogP contribution in [0, 0.1) is 6.92 Å². The van der Waals surface area contributed by atoms with E-state index in [2.05, 4.69) is 89.2 Å². The lowest BCUT2D eigenvalue weighted by Gasteiger charge is -2.16. The number of nitrogens with zero attached hydrogens (tertiary/aromatic N) is 1. The van der Waals surface area contributed by atoms with Crippen molar-refractivity contribution >= 4 is 23.0 Å². The number of hydrogen-bond donors (Lipinski definition) is 4. The number of aliphatic hydroxyl groups is 1. The molecule has 1 atom stereocenters. The minimum Gasteiger partial charge on any atom is -0.400 e. The summed E-state index contributed by atoms with van der Waals surface area (Å²) in [7, 11) is 2.89. The number of aryl methyl sites for hydroxylation is 2. The van der Waals surface area contributed by atoms with Crippen LogP contribution in [-0.2, 0) is 11.2 Å². The number of carbonyl (C=O) groups is 1. The first kappa shape index (κ1) is 48.6. The Kier molecular flexibility index (Phi) is 26.7. The smallest absolute Gasteiger partial charge is 0.252 e. The first-order chi connectivity index (χ1) is 25.5. The van der Waals surface area contributed by atoms with Gasteiger partial charge in [0.15, 0.2) is 0 Å². The topological polar surface area (TPSA) is 85.8 Å². The van der Waals surface area contributed by atoms with E-state index < -0.39 is 0 Å². The molecule has 2 aromatic rings. The molecule has 0 saturated heterocycles. The van der Waals surface area contributed by atoms with Crippen LogP contribution in [0.2, 0.25) is 0 Å². The van der Waals surface area contributed by atoms with Crippen molar-refractivity contribution in [3.05, 3.63) is 130 Å². The zero-order valence-electron chi connectivity index (χ0n) is 35.2. The molecular weight excluding hydrogens is 653 g/mol. The molecule has 4 N–H and O–H groups in total. The Labute approximate surface area is 324 Å². The molecule has 0 fully saturated rings. The summed E-state index contributed by atoms with van der Waals surface area (Å²) < 4.78 is 0. The fourth-order valence-electron chi connectivity index (χ4n) is 5.03. The quantitative estimate of drug-likeness (QED) is 0.176. The van der Waals surface area contributed by atoms with E-state index in [1.165, 1.54) is 43.2 Å². The minimum absolute atomic E-state index is 0.00750. The second-order valence-corrected chi connectivity index (χ2v) is 13.2. The maximum atomic E-state index is 11.9. The largest absolute Gasteiger partial charge is 0.400 e. The first-order valence-electron chi connectivity index (χ1n) is 19.6. The molecule has 2 aromatic carbocycles. The van der Waals surface area contributed by atoms with Crippen molar-refractivity contribution in [2.45, 2.75) is 127 Å². The second-order valence-electron chi connectivity index (χ2n) is 13.2. The molecular formula is C47H72N4O2. The molecule has 4 rings (SSSR count). The number of amides is 1. The van der Waals surface area contributed by atoms with Crippen LogP contribution in [-0.4, -0.2) is 30.9 Å². The summed E-state index contributed by atoms with van der Waals surface area (Å²) in [6, 6.07) is 14.6. The maximum absolute atomic E-state index is 11.9. The average Bonchev–Trinajstić information content (AvgIpc) is 3.61. The minimum atomic E-state index is 0.00750. The third-order valence-electron chi connectivity index (χ3n) is 8.68. The number of carbonyl (C=O) groups excluding carboxylic acids is 1. The van der Waals surface area contributed by atoms with Crippen molar-refractivity contribution in [1.29, 1.82) is 0 Å². The fourth-order valence-corrected chi connectivity index (χ4v) is 5.03. The van der Waals surface area contributed by atoms with Crippen LogP contribution in [0.4, 0.5) is 11.4 Å². The van der Waals surface area contributed by atoms with Gasteiger partial charge in [-0.1, -0.05) is 136 Å². The fraction of sp³-hybridized carbons (Fsp3) is 0.447. The van der Waals surface area contributed by atoms with Gasteiger partial charge in [0.05, 0.1) is 11.4 Å². The van der Waals surface area contributed by atoms with Crippen molar-refractivity contribution in [3.63, 3.8) is 0 Å². The third-order valence-corrected chi connectivity index (χ3v) is 8.68. The lowest BCUT2D eigenvalue weighted by Crippen LogP contribution is -2.14. The highest BCUT2D eigenvalue weighted by molar-refractivity contribution is 6.11. The third kappa shape index (κ3) is 19.3.